The SMILES string of the molecule is CC1(C)OB(c2cccc3nn[nH]c23)OC1(C)C. The number of hydrogen-bond acceptors (Lipinski definition) is 4. The van der Waals surface area contributed by atoms with Crippen LogP contribution in [-0.4, -0.2) is 33.7 Å². The largest absolute Gasteiger partial charge is 0.497 e. The fourth-order valence-corrected chi connectivity index (χ4v) is 2.06. The number of hydrogen-bond donors (Lipinski definition) is 1. The highest BCUT2D eigenvalue weighted by Crippen LogP contribution is 2.36. The molecule has 2 aromatic rings. The van der Waals surface area contributed by atoms with Crippen LogP contribution in [0.1, 0.15) is 27.7 Å². The molecule has 1 fully saturated rings. The van der Waals surface area contributed by atoms with Gasteiger partial charge in [0.05, 0.1) is 16.7 Å². The molecule has 0 radical (unpaired) electrons. The Morgan fingerprint density at radius 3 is 2.44 bits per heavy atom. The van der Waals surface area contributed by atoms with E-state index >= 15 is 0 Å². The molecule has 5 nitrogen and oxygen atoms in total. The minimum atomic E-state index is -0.388. The lowest BCUT2D eigenvalue weighted by Gasteiger charge is -2.32. The Balaban J connectivity index is 2.05. The van der Waals surface area contributed by atoms with Crippen LogP contribution in [0.4, 0.5) is 0 Å². The quantitative estimate of drug-likeness (QED) is 0.768. The Morgan fingerprint density at radius 2 is 1.78 bits per heavy atom. The van der Waals surface area contributed by atoms with Gasteiger partial charge in [-0.2, -0.15) is 0 Å². The van der Waals surface area contributed by atoms with Crippen LogP contribution in [-0.2, 0) is 9.31 Å². The summed E-state index contributed by atoms with van der Waals surface area (Å²) in [4.78, 5) is 0. The van der Waals surface area contributed by atoms with Gasteiger partial charge < -0.3 is 9.31 Å². The smallest absolute Gasteiger partial charge is 0.399 e. The van der Waals surface area contributed by atoms with Gasteiger partial charge in [-0.25, -0.2) is 0 Å². The monoisotopic (exact) mass is 245 g/mol. The zero-order valence-electron chi connectivity index (χ0n) is 11.0. The van der Waals surface area contributed by atoms with Gasteiger partial charge in [0.1, 0.15) is 5.52 Å². The molecule has 0 spiro atoms. The molecule has 1 aromatic carbocycles. The molecule has 3 rings (SSSR count). The maximum Gasteiger partial charge on any atom is 0.497 e. The molecule has 1 aliphatic rings. The maximum atomic E-state index is 6.03. The van der Waals surface area contributed by atoms with Crippen LogP contribution in [0.15, 0.2) is 18.2 Å². The van der Waals surface area contributed by atoms with E-state index in [9.17, 15) is 0 Å². The molecule has 1 saturated heterocycles. The molecule has 1 N–H and O–H groups in total. The number of benzene rings is 1. The molecule has 0 unspecified atom stereocenters. The third kappa shape index (κ3) is 1.56. The summed E-state index contributed by atoms with van der Waals surface area (Å²) in [5.41, 5.74) is 1.95. The van der Waals surface area contributed by atoms with E-state index in [0.717, 1.165) is 16.5 Å². The summed E-state index contributed by atoms with van der Waals surface area (Å²) in [5, 5.41) is 10.7. The molecule has 0 amide bonds. The first kappa shape index (κ1) is 11.7. The number of aromatic amines is 1. The van der Waals surface area contributed by atoms with Crippen molar-refractivity contribution in [1.82, 2.24) is 15.4 Å². The Bertz CT molecular complexity index is 578. The summed E-state index contributed by atoms with van der Waals surface area (Å²) in [6.45, 7) is 8.16. The Morgan fingerprint density at radius 1 is 1.11 bits per heavy atom. The number of nitrogens with zero attached hydrogens (tertiary/aromatic N) is 2. The van der Waals surface area contributed by atoms with Crippen molar-refractivity contribution in [1.29, 1.82) is 0 Å². The van der Waals surface area contributed by atoms with Gasteiger partial charge in [-0.3, -0.25) is 5.10 Å². The average molecular weight is 245 g/mol. The second-order valence-electron chi connectivity index (χ2n) is 5.64. The van der Waals surface area contributed by atoms with E-state index in [4.69, 9.17) is 9.31 Å². The Hall–Kier alpha value is -1.40. The minimum Gasteiger partial charge on any atom is -0.399 e. The van der Waals surface area contributed by atoms with Crippen molar-refractivity contribution >= 4 is 23.6 Å². The van der Waals surface area contributed by atoms with Crippen molar-refractivity contribution in [2.24, 2.45) is 0 Å². The summed E-state index contributed by atoms with van der Waals surface area (Å²) in [7, 11) is -0.388. The van der Waals surface area contributed by atoms with Crippen molar-refractivity contribution < 1.29 is 9.31 Å². The molecular formula is C12H16BN3O2. The molecule has 2 heterocycles. The van der Waals surface area contributed by atoms with E-state index in [1.807, 2.05) is 45.9 Å². The van der Waals surface area contributed by atoms with Crippen LogP contribution in [0.5, 0.6) is 0 Å². The fraction of sp³-hybridized carbons (Fsp3) is 0.500. The maximum absolute atomic E-state index is 6.03. The topological polar surface area (TPSA) is 60.0 Å². The number of rotatable bonds is 1. The molecule has 1 aliphatic heterocycles. The van der Waals surface area contributed by atoms with Gasteiger partial charge in [0, 0.05) is 5.46 Å². The van der Waals surface area contributed by atoms with Crippen LogP contribution >= 0.6 is 0 Å². The highest BCUT2D eigenvalue weighted by atomic mass is 16.7. The number of aromatic nitrogens is 3. The van der Waals surface area contributed by atoms with E-state index in [2.05, 4.69) is 15.4 Å². The summed E-state index contributed by atoms with van der Waals surface area (Å²) < 4.78 is 12.1. The van der Waals surface area contributed by atoms with E-state index in [0.29, 0.717) is 0 Å². The van der Waals surface area contributed by atoms with Crippen LogP contribution in [0.3, 0.4) is 0 Å². The summed E-state index contributed by atoms with van der Waals surface area (Å²) in [6, 6.07) is 5.82. The van der Waals surface area contributed by atoms with Crippen molar-refractivity contribution in [3.8, 4) is 0 Å². The molecule has 6 heteroatoms. The molecular weight excluding hydrogens is 229 g/mol. The van der Waals surface area contributed by atoms with Crippen LogP contribution in [0, 0.1) is 0 Å². The van der Waals surface area contributed by atoms with E-state index in [1.54, 1.807) is 0 Å². The Kier molecular flexibility index (Phi) is 2.31. The van der Waals surface area contributed by atoms with E-state index in [1.165, 1.54) is 0 Å². The van der Waals surface area contributed by atoms with Gasteiger partial charge in [0.25, 0.3) is 0 Å². The number of para-hydroxylation sites is 1. The van der Waals surface area contributed by atoms with Crippen LogP contribution in [0.25, 0.3) is 11.0 Å². The zero-order chi connectivity index (χ0) is 13.0. The summed E-state index contributed by atoms with van der Waals surface area (Å²) in [6.07, 6.45) is 0. The second kappa shape index (κ2) is 3.55. The molecule has 1 aromatic heterocycles. The highest BCUT2D eigenvalue weighted by molar-refractivity contribution is 6.64. The second-order valence-corrected chi connectivity index (χ2v) is 5.64. The summed E-state index contributed by atoms with van der Waals surface area (Å²) >= 11 is 0. The first-order valence-corrected chi connectivity index (χ1v) is 6.06. The van der Waals surface area contributed by atoms with Crippen molar-refractivity contribution in [3.63, 3.8) is 0 Å². The van der Waals surface area contributed by atoms with Gasteiger partial charge in [-0.15, -0.1) is 5.10 Å². The predicted molar refractivity (Wildman–Crippen MR) is 69.6 cm³/mol. The van der Waals surface area contributed by atoms with Crippen LogP contribution < -0.4 is 5.46 Å². The fourth-order valence-electron chi connectivity index (χ4n) is 2.06. The van der Waals surface area contributed by atoms with Gasteiger partial charge in [-0.05, 0) is 33.8 Å². The van der Waals surface area contributed by atoms with E-state index < -0.39 is 0 Å². The molecule has 18 heavy (non-hydrogen) atoms. The number of fused-ring (bicyclic) bond motifs is 1. The lowest BCUT2D eigenvalue weighted by Crippen LogP contribution is -2.41. The summed E-state index contributed by atoms with van der Waals surface area (Å²) in [5.74, 6) is 0. The standard InChI is InChI=1S/C12H16BN3O2/c1-11(2)12(3,4)18-13(17-11)8-6-5-7-9-10(8)15-16-14-9/h5-7H,1-4H3,(H,14,15,16). The Labute approximate surface area is 106 Å². The normalized spacial score (nSPS) is 21.7. The first-order valence-electron chi connectivity index (χ1n) is 6.06. The lowest BCUT2D eigenvalue weighted by atomic mass is 9.78. The van der Waals surface area contributed by atoms with Gasteiger partial charge in [0.2, 0.25) is 0 Å². The minimum absolute atomic E-state index is 0.340. The lowest BCUT2D eigenvalue weighted by molar-refractivity contribution is 0.00578. The van der Waals surface area contributed by atoms with Crippen molar-refractivity contribution in [2.75, 3.05) is 0 Å². The molecule has 0 bridgehead atoms. The molecule has 0 aliphatic carbocycles. The molecule has 0 saturated carbocycles. The van der Waals surface area contributed by atoms with E-state index in [-0.39, 0.29) is 18.3 Å². The average Bonchev–Trinajstić information content (AvgIpc) is 2.81. The molecule has 94 valence electrons. The van der Waals surface area contributed by atoms with Gasteiger partial charge in [-0.1, -0.05) is 17.3 Å². The third-order valence-electron chi connectivity index (χ3n) is 3.90. The zero-order valence-corrected chi connectivity index (χ0v) is 11.0. The third-order valence-corrected chi connectivity index (χ3v) is 3.90. The van der Waals surface area contributed by atoms with Gasteiger partial charge >= 0.3 is 7.12 Å². The first-order chi connectivity index (χ1) is 8.41. The van der Waals surface area contributed by atoms with Crippen molar-refractivity contribution in [3.05, 3.63) is 18.2 Å². The number of H-pyrrole nitrogens is 1. The van der Waals surface area contributed by atoms with Gasteiger partial charge in [0.15, 0.2) is 0 Å². The highest BCUT2D eigenvalue weighted by Gasteiger charge is 2.52. The van der Waals surface area contributed by atoms with Crippen molar-refractivity contribution in [2.45, 2.75) is 38.9 Å². The van der Waals surface area contributed by atoms with Crippen LogP contribution in [0.2, 0.25) is 0 Å². The molecule has 0 atom stereocenters. The predicted octanol–water partition coefficient (Wildman–Crippen LogP) is 1.26. The number of nitrogens with one attached hydrogen (secondary N) is 1.